The van der Waals surface area contributed by atoms with Crippen LogP contribution in [0.3, 0.4) is 0 Å². The van der Waals surface area contributed by atoms with Crippen LogP contribution in [0.4, 0.5) is 11.5 Å². The molecule has 0 aromatic carbocycles. The van der Waals surface area contributed by atoms with Gasteiger partial charge in [0.2, 0.25) is 0 Å². The van der Waals surface area contributed by atoms with Crippen LogP contribution in [0.1, 0.15) is 12.7 Å². The number of hydrogen-bond donors (Lipinski definition) is 2. The van der Waals surface area contributed by atoms with Crippen LogP contribution in [0.25, 0.3) is 0 Å². The minimum absolute atomic E-state index is 0.166. The van der Waals surface area contributed by atoms with E-state index in [2.05, 4.69) is 20.4 Å². The molecule has 0 saturated carbocycles. The van der Waals surface area contributed by atoms with Gasteiger partial charge >= 0.3 is 0 Å². The summed E-state index contributed by atoms with van der Waals surface area (Å²) in [5.74, 6) is 1.17. The molecule has 0 spiro atoms. The minimum atomic E-state index is -0.166. The van der Waals surface area contributed by atoms with E-state index in [0.29, 0.717) is 31.2 Å². The first-order valence-electron chi connectivity index (χ1n) is 6.10. The Hall–Kier alpha value is -2.15. The molecule has 7 heteroatoms. The molecule has 0 aliphatic heterocycles. The van der Waals surface area contributed by atoms with Gasteiger partial charge in [-0.2, -0.15) is 5.10 Å². The fourth-order valence-electron chi connectivity index (χ4n) is 1.62. The summed E-state index contributed by atoms with van der Waals surface area (Å²) in [6.45, 7) is 3.22. The van der Waals surface area contributed by atoms with Crippen molar-refractivity contribution in [1.82, 2.24) is 19.7 Å². The summed E-state index contributed by atoms with van der Waals surface area (Å²) in [5.41, 5.74) is 0.623. The van der Waals surface area contributed by atoms with E-state index in [4.69, 9.17) is 4.74 Å². The summed E-state index contributed by atoms with van der Waals surface area (Å²) in [6, 6.07) is 1.42. The second-order valence-electron chi connectivity index (χ2n) is 4.04. The van der Waals surface area contributed by atoms with Crippen LogP contribution >= 0.6 is 0 Å². The molecule has 0 aliphatic carbocycles. The maximum absolute atomic E-state index is 11.4. The van der Waals surface area contributed by atoms with E-state index >= 15 is 0 Å². The maximum atomic E-state index is 11.4. The quantitative estimate of drug-likeness (QED) is 0.809. The molecule has 2 N–H and O–H groups in total. The third-order valence-corrected chi connectivity index (χ3v) is 2.56. The van der Waals surface area contributed by atoms with Crippen molar-refractivity contribution in [2.45, 2.75) is 19.9 Å². The van der Waals surface area contributed by atoms with Crippen molar-refractivity contribution in [2.75, 3.05) is 19.0 Å². The van der Waals surface area contributed by atoms with Crippen LogP contribution in [0.15, 0.2) is 23.3 Å². The number of aromatic amines is 1. The van der Waals surface area contributed by atoms with E-state index in [1.54, 1.807) is 18.0 Å². The van der Waals surface area contributed by atoms with E-state index in [9.17, 15) is 4.79 Å². The number of nitrogens with zero attached hydrogens (tertiary/aromatic N) is 3. The normalized spacial score (nSPS) is 10.6. The SMILES string of the molecule is CCc1nc(Nc2cnn(CCOC)c2)cc(=O)[nH]1. The molecule has 2 aromatic heterocycles. The standard InChI is InChI=1S/C12H17N5O2/c1-3-10-15-11(6-12(18)16-10)14-9-7-13-17(8-9)4-5-19-2/h6-8H,3-5H2,1-2H3,(H2,14,15,16,18). The van der Waals surface area contributed by atoms with Crippen molar-refractivity contribution >= 4 is 11.5 Å². The Kier molecular flexibility index (Phi) is 4.30. The topological polar surface area (TPSA) is 84.8 Å². The molecule has 2 aromatic rings. The van der Waals surface area contributed by atoms with E-state index < -0.39 is 0 Å². The molecular weight excluding hydrogens is 246 g/mol. The molecule has 0 atom stereocenters. The summed E-state index contributed by atoms with van der Waals surface area (Å²) >= 11 is 0. The number of aryl methyl sites for hydroxylation is 1. The molecule has 0 unspecified atom stereocenters. The molecule has 0 bridgehead atoms. The Morgan fingerprint density at radius 3 is 3.11 bits per heavy atom. The molecule has 0 radical (unpaired) electrons. The van der Waals surface area contributed by atoms with Crippen LogP contribution < -0.4 is 10.9 Å². The van der Waals surface area contributed by atoms with Gasteiger partial charge in [0.15, 0.2) is 0 Å². The number of nitrogens with one attached hydrogen (secondary N) is 2. The molecule has 7 nitrogen and oxygen atoms in total. The number of methoxy groups -OCH3 is 1. The molecule has 0 aliphatic rings. The highest BCUT2D eigenvalue weighted by atomic mass is 16.5. The van der Waals surface area contributed by atoms with E-state index in [-0.39, 0.29) is 5.56 Å². The second-order valence-corrected chi connectivity index (χ2v) is 4.04. The van der Waals surface area contributed by atoms with Crippen molar-refractivity contribution in [1.29, 1.82) is 0 Å². The van der Waals surface area contributed by atoms with Gasteiger partial charge in [0.05, 0.1) is 25.0 Å². The summed E-state index contributed by atoms with van der Waals surface area (Å²) in [5, 5.41) is 7.24. The Morgan fingerprint density at radius 2 is 2.37 bits per heavy atom. The van der Waals surface area contributed by atoms with Crippen LogP contribution in [0, 0.1) is 0 Å². The van der Waals surface area contributed by atoms with E-state index in [1.165, 1.54) is 6.07 Å². The highest BCUT2D eigenvalue weighted by Crippen LogP contribution is 2.11. The zero-order valence-corrected chi connectivity index (χ0v) is 11.0. The van der Waals surface area contributed by atoms with Gasteiger partial charge in [-0.15, -0.1) is 0 Å². The Labute approximate surface area is 110 Å². The summed E-state index contributed by atoms with van der Waals surface area (Å²) < 4.78 is 6.74. The molecule has 0 amide bonds. The highest BCUT2D eigenvalue weighted by Gasteiger charge is 2.03. The maximum Gasteiger partial charge on any atom is 0.252 e. The average Bonchev–Trinajstić information content (AvgIpc) is 2.83. The van der Waals surface area contributed by atoms with Gasteiger partial charge in [-0.3, -0.25) is 9.48 Å². The van der Waals surface area contributed by atoms with Crippen LogP contribution in [-0.4, -0.2) is 33.5 Å². The third kappa shape index (κ3) is 3.65. The minimum Gasteiger partial charge on any atom is -0.383 e. The fourth-order valence-corrected chi connectivity index (χ4v) is 1.62. The molecule has 2 heterocycles. The Morgan fingerprint density at radius 1 is 1.53 bits per heavy atom. The molecule has 102 valence electrons. The first-order valence-corrected chi connectivity index (χ1v) is 6.10. The number of ether oxygens (including phenoxy) is 1. The van der Waals surface area contributed by atoms with Crippen molar-refractivity contribution in [3.05, 3.63) is 34.6 Å². The largest absolute Gasteiger partial charge is 0.383 e. The molecular formula is C12H17N5O2. The van der Waals surface area contributed by atoms with Crippen molar-refractivity contribution in [3.63, 3.8) is 0 Å². The van der Waals surface area contributed by atoms with Gasteiger partial charge in [-0.05, 0) is 0 Å². The molecule has 19 heavy (non-hydrogen) atoms. The summed E-state index contributed by atoms with van der Waals surface area (Å²) in [7, 11) is 1.65. The zero-order valence-electron chi connectivity index (χ0n) is 11.0. The first-order chi connectivity index (χ1) is 9.21. The number of H-pyrrole nitrogens is 1. The molecule has 2 rings (SSSR count). The van der Waals surface area contributed by atoms with E-state index in [0.717, 1.165) is 5.69 Å². The fraction of sp³-hybridized carbons (Fsp3) is 0.417. The first kappa shape index (κ1) is 13.3. The van der Waals surface area contributed by atoms with Crippen LogP contribution in [-0.2, 0) is 17.7 Å². The lowest BCUT2D eigenvalue weighted by Gasteiger charge is -2.03. The molecule has 0 fully saturated rings. The summed E-state index contributed by atoms with van der Waals surface area (Å²) in [4.78, 5) is 18.4. The third-order valence-electron chi connectivity index (χ3n) is 2.56. The predicted molar refractivity (Wildman–Crippen MR) is 71.6 cm³/mol. The highest BCUT2D eigenvalue weighted by molar-refractivity contribution is 5.53. The smallest absolute Gasteiger partial charge is 0.252 e. The summed E-state index contributed by atoms with van der Waals surface area (Å²) in [6.07, 6.45) is 4.20. The van der Waals surface area contributed by atoms with Crippen LogP contribution in [0.5, 0.6) is 0 Å². The van der Waals surface area contributed by atoms with Gasteiger partial charge < -0.3 is 15.0 Å². The Balaban J connectivity index is 2.10. The number of hydrogen-bond acceptors (Lipinski definition) is 5. The van der Waals surface area contributed by atoms with Crippen molar-refractivity contribution < 1.29 is 4.74 Å². The van der Waals surface area contributed by atoms with Gasteiger partial charge in [0.1, 0.15) is 11.6 Å². The average molecular weight is 263 g/mol. The Bertz CT molecular complexity index is 590. The van der Waals surface area contributed by atoms with Crippen LogP contribution in [0.2, 0.25) is 0 Å². The van der Waals surface area contributed by atoms with Gasteiger partial charge in [-0.1, -0.05) is 6.92 Å². The van der Waals surface area contributed by atoms with Gasteiger partial charge in [0, 0.05) is 25.8 Å². The lowest BCUT2D eigenvalue weighted by molar-refractivity contribution is 0.183. The van der Waals surface area contributed by atoms with Gasteiger partial charge in [-0.25, -0.2) is 4.98 Å². The van der Waals surface area contributed by atoms with Gasteiger partial charge in [0.25, 0.3) is 5.56 Å². The second kappa shape index (κ2) is 6.14. The predicted octanol–water partition coefficient (Wildman–Crippen LogP) is 0.919. The number of rotatable bonds is 6. The lowest BCUT2D eigenvalue weighted by atomic mass is 10.4. The lowest BCUT2D eigenvalue weighted by Crippen LogP contribution is -2.11. The monoisotopic (exact) mass is 263 g/mol. The number of anilines is 2. The van der Waals surface area contributed by atoms with E-state index in [1.807, 2.05) is 13.1 Å². The molecule has 0 saturated heterocycles. The van der Waals surface area contributed by atoms with Crippen molar-refractivity contribution in [2.24, 2.45) is 0 Å². The van der Waals surface area contributed by atoms with Crippen molar-refractivity contribution in [3.8, 4) is 0 Å². The zero-order chi connectivity index (χ0) is 13.7. The number of aromatic nitrogens is 4.